The summed E-state index contributed by atoms with van der Waals surface area (Å²) in [6.07, 6.45) is 0. The van der Waals surface area contributed by atoms with Gasteiger partial charge in [0.05, 0.1) is 22.4 Å². The summed E-state index contributed by atoms with van der Waals surface area (Å²) in [5.41, 5.74) is 2.50. The van der Waals surface area contributed by atoms with Crippen molar-refractivity contribution in [3.05, 3.63) is 58.7 Å². The maximum absolute atomic E-state index is 11.3. The van der Waals surface area contributed by atoms with Gasteiger partial charge in [0.15, 0.2) is 0 Å². The maximum Gasteiger partial charge on any atom is 0.337 e. The van der Waals surface area contributed by atoms with Crippen molar-refractivity contribution in [2.75, 3.05) is 5.32 Å². The number of nitrogens with one attached hydrogen (secondary N) is 1. The first-order chi connectivity index (χ1) is 10.0. The molecule has 2 N–H and O–H groups in total. The Balaban J connectivity index is 2.42. The lowest BCUT2D eigenvalue weighted by atomic mass is 10.1. The van der Waals surface area contributed by atoms with E-state index in [0.717, 1.165) is 5.56 Å². The molecular formula is C16H11N3O2. The number of carboxylic acids is 1. The Labute approximate surface area is 121 Å². The molecule has 0 aliphatic heterocycles. The molecule has 0 radical (unpaired) electrons. The second-order valence-corrected chi connectivity index (χ2v) is 4.46. The van der Waals surface area contributed by atoms with Gasteiger partial charge in [-0.2, -0.15) is 10.5 Å². The van der Waals surface area contributed by atoms with Crippen LogP contribution in [-0.2, 0) is 0 Å². The Morgan fingerprint density at radius 1 is 1.10 bits per heavy atom. The van der Waals surface area contributed by atoms with E-state index >= 15 is 0 Å². The molecule has 0 heterocycles. The van der Waals surface area contributed by atoms with E-state index in [9.17, 15) is 9.90 Å². The van der Waals surface area contributed by atoms with E-state index < -0.39 is 5.97 Å². The van der Waals surface area contributed by atoms with E-state index in [-0.39, 0.29) is 16.7 Å². The molecule has 0 aromatic heterocycles. The van der Waals surface area contributed by atoms with Gasteiger partial charge in [-0.15, -0.1) is 0 Å². The van der Waals surface area contributed by atoms with Gasteiger partial charge in [0.1, 0.15) is 12.1 Å². The number of hydrogen-bond donors (Lipinski definition) is 2. The van der Waals surface area contributed by atoms with Gasteiger partial charge in [-0.1, -0.05) is 11.6 Å². The summed E-state index contributed by atoms with van der Waals surface area (Å²) in [7, 11) is 0. The van der Waals surface area contributed by atoms with Gasteiger partial charge in [0.2, 0.25) is 0 Å². The third-order valence-electron chi connectivity index (χ3n) is 2.94. The third kappa shape index (κ3) is 2.99. The zero-order valence-electron chi connectivity index (χ0n) is 11.2. The molecule has 0 saturated carbocycles. The highest BCUT2D eigenvalue weighted by Crippen LogP contribution is 2.24. The van der Waals surface area contributed by atoms with Gasteiger partial charge in [-0.25, -0.2) is 4.79 Å². The monoisotopic (exact) mass is 277 g/mol. The molecule has 0 aliphatic carbocycles. The molecule has 5 nitrogen and oxygen atoms in total. The lowest BCUT2D eigenvalue weighted by molar-refractivity contribution is 0.0698. The molecule has 2 rings (SSSR count). The van der Waals surface area contributed by atoms with Crippen molar-refractivity contribution in [1.29, 1.82) is 10.5 Å². The molecule has 0 amide bonds. The number of carbonyl (C=O) groups is 1. The summed E-state index contributed by atoms with van der Waals surface area (Å²) in [5, 5.41) is 30.1. The molecule has 0 atom stereocenters. The zero-order chi connectivity index (χ0) is 15.4. The SMILES string of the molecule is Cc1ccc(Nc2ccc(C#N)c(C#N)c2)c(C(=O)O)c1. The number of rotatable bonds is 3. The van der Waals surface area contributed by atoms with Gasteiger partial charge >= 0.3 is 5.97 Å². The van der Waals surface area contributed by atoms with E-state index in [4.69, 9.17) is 10.5 Å². The summed E-state index contributed by atoms with van der Waals surface area (Å²) in [5.74, 6) is -1.03. The van der Waals surface area contributed by atoms with Crippen molar-refractivity contribution in [3.63, 3.8) is 0 Å². The number of nitriles is 2. The minimum Gasteiger partial charge on any atom is -0.478 e. The zero-order valence-corrected chi connectivity index (χ0v) is 11.2. The van der Waals surface area contributed by atoms with Crippen LogP contribution in [0.5, 0.6) is 0 Å². The lowest BCUT2D eigenvalue weighted by Crippen LogP contribution is -2.03. The normalized spacial score (nSPS) is 9.48. The fourth-order valence-corrected chi connectivity index (χ4v) is 1.91. The number of anilines is 2. The number of carboxylic acid groups (broad SMARTS) is 1. The first kappa shape index (κ1) is 14.1. The summed E-state index contributed by atoms with van der Waals surface area (Å²) in [6, 6.07) is 13.6. The quantitative estimate of drug-likeness (QED) is 0.898. The minimum absolute atomic E-state index is 0.151. The Hall–Kier alpha value is -3.31. The summed E-state index contributed by atoms with van der Waals surface area (Å²) >= 11 is 0. The van der Waals surface area contributed by atoms with Crippen LogP contribution in [0.3, 0.4) is 0 Å². The molecular weight excluding hydrogens is 266 g/mol. The van der Waals surface area contributed by atoms with Crippen molar-refractivity contribution in [2.45, 2.75) is 6.92 Å². The highest BCUT2D eigenvalue weighted by atomic mass is 16.4. The van der Waals surface area contributed by atoms with Crippen molar-refractivity contribution >= 4 is 17.3 Å². The summed E-state index contributed by atoms with van der Waals surface area (Å²) in [6.45, 7) is 1.81. The molecule has 5 heteroatoms. The minimum atomic E-state index is -1.03. The lowest BCUT2D eigenvalue weighted by Gasteiger charge is -2.11. The van der Waals surface area contributed by atoms with Gasteiger partial charge in [-0.3, -0.25) is 0 Å². The van der Waals surface area contributed by atoms with E-state index in [0.29, 0.717) is 11.4 Å². The van der Waals surface area contributed by atoms with E-state index in [1.165, 1.54) is 12.1 Å². The van der Waals surface area contributed by atoms with Crippen LogP contribution >= 0.6 is 0 Å². The average Bonchev–Trinajstić information content (AvgIpc) is 2.48. The van der Waals surface area contributed by atoms with Gasteiger partial charge in [0, 0.05) is 5.69 Å². The fourth-order valence-electron chi connectivity index (χ4n) is 1.91. The van der Waals surface area contributed by atoms with Crippen molar-refractivity contribution in [2.24, 2.45) is 0 Å². The van der Waals surface area contributed by atoms with Crippen molar-refractivity contribution in [1.82, 2.24) is 0 Å². The van der Waals surface area contributed by atoms with Gasteiger partial charge in [-0.05, 0) is 37.3 Å². The van der Waals surface area contributed by atoms with Crippen LogP contribution in [0.25, 0.3) is 0 Å². The van der Waals surface area contributed by atoms with Crippen LogP contribution in [0.2, 0.25) is 0 Å². The van der Waals surface area contributed by atoms with Crippen LogP contribution in [0.4, 0.5) is 11.4 Å². The Morgan fingerprint density at radius 2 is 1.81 bits per heavy atom. The van der Waals surface area contributed by atoms with Crippen LogP contribution in [0, 0.1) is 29.6 Å². The van der Waals surface area contributed by atoms with E-state index in [1.54, 1.807) is 24.3 Å². The molecule has 0 unspecified atom stereocenters. The Morgan fingerprint density at radius 3 is 2.43 bits per heavy atom. The Bertz CT molecular complexity index is 798. The summed E-state index contributed by atoms with van der Waals surface area (Å²) < 4.78 is 0. The van der Waals surface area contributed by atoms with Crippen molar-refractivity contribution < 1.29 is 9.90 Å². The van der Waals surface area contributed by atoms with Crippen molar-refractivity contribution in [3.8, 4) is 12.1 Å². The highest BCUT2D eigenvalue weighted by molar-refractivity contribution is 5.95. The summed E-state index contributed by atoms with van der Waals surface area (Å²) in [4.78, 5) is 11.3. The van der Waals surface area contributed by atoms with Crippen LogP contribution < -0.4 is 5.32 Å². The van der Waals surface area contributed by atoms with Crippen LogP contribution in [0.15, 0.2) is 36.4 Å². The first-order valence-electron chi connectivity index (χ1n) is 6.10. The molecule has 0 aliphatic rings. The molecule has 0 bridgehead atoms. The second-order valence-electron chi connectivity index (χ2n) is 4.46. The highest BCUT2D eigenvalue weighted by Gasteiger charge is 2.11. The predicted octanol–water partition coefficient (Wildman–Crippen LogP) is 3.18. The fraction of sp³-hybridized carbons (Fsp3) is 0.0625. The molecule has 0 fully saturated rings. The van der Waals surface area contributed by atoms with Crippen LogP contribution in [-0.4, -0.2) is 11.1 Å². The average molecular weight is 277 g/mol. The van der Waals surface area contributed by atoms with E-state index in [1.807, 2.05) is 19.1 Å². The topological polar surface area (TPSA) is 96.9 Å². The predicted molar refractivity (Wildman–Crippen MR) is 77.3 cm³/mol. The second kappa shape index (κ2) is 5.77. The third-order valence-corrected chi connectivity index (χ3v) is 2.94. The maximum atomic E-state index is 11.3. The number of nitrogens with zero attached hydrogens (tertiary/aromatic N) is 2. The van der Waals surface area contributed by atoms with Gasteiger partial charge in [0.25, 0.3) is 0 Å². The molecule has 0 saturated heterocycles. The number of hydrogen-bond acceptors (Lipinski definition) is 4. The molecule has 2 aromatic carbocycles. The standard InChI is InChI=1S/C16H11N3O2/c1-10-2-5-15(14(6-10)16(20)21)19-13-4-3-11(8-17)12(7-13)9-18/h2-7,19H,1H3,(H,20,21). The largest absolute Gasteiger partial charge is 0.478 e. The smallest absolute Gasteiger partial charge is 0.337 e. The number of aryl methyl sites for hydroxylation is 1. The molecule has 0 spiro atoms. The molecule has 2 aromatic rings. The van der Waals surface area contributed by atoms with Gasteiger partial charge < -0.3 is 10.4 Å². The first-order valence-corrected chi connectivity index (χ1v) is 6.10. The van der Waals surface area contributed by atoms with Crippen LogP contribution in [0.1, 0.15) is 27.0 Å². The van der Waals surface area contributed by atoms with E-state index in [2.05, 4.69) is 5.32 Å². The Kier molecular flexibility index (Phi) is 3.87. The molecule has 102 valence electrons. The number of benzene rings is 2. The molecule has 21 heavy (non-hydrogen) atoms. The number of aromatic carboxylic acids is 1.